The predicted octanol–water partition coefficient (Wildman–Crippen LogP) is 4.61. The van der Waals surface area contributed by atoms with Gasteiger partial charge < -0.3 is 19.6 Å². The third kappa shape index (κ3) is 6.19. The molecule has 8 heteroatoms. The van der Waals surface area contributed by atoms with E-state index in [1.54, 1.807) is 0 Å². The van der Waals surface area contributed by atoms with Crippen LogP contribution in [0.1, 0.15) is 48.6 Å². The van der Waals surface area contributed by atoms with Crippen molar-refractivity contribution in [3.8, 4) is 0 Å². The fourth-order valence-corrected chi connectivity index (χ4v) is 4.89. The Morgan fingerprint density at radius 3 is 2.44 bits per heavy atom. The van der Waals surface area contributed by atoms with Gasteiger partial charge in [-0.25, -0.2) is 0 Å². The van der Waals surface area contributed by atoms with E-state index in [1.165, 1.54) is 11.1 Å². The van der Waals surface area contributed by atoms with Gasteiger partial charge in [-0.05, 0) is 55.9 Å². The summed E-state index contributed by atoms with van der Waals surface area (Å²) < 4.78 is 5.49. The lowest BCUT2D eigenvalue weighted by atomic mass is 10.1. The molecule has 2 aromatic carbocycles. The van der Waals surface area contributed by atoms with Gasteiger partial charge in [0, 0.05) is 36.8 Å². The Morgan fingerprint density at radius 1 is 1.08 bits per heavy atom. The average Bonchev–Trinajstić information content (AvgIpc) is 3.44. The summed E-state index contributed by atoms with van der Waals surface area (Å²) in [7, 11) is 1.87. The highest BCUT2D eigenvalue weighted by atomic mass is 35.5. The summed E-state index contributed by atoms with van der Waals surface area (Å²) in [5, 5.41) is 8.02. The summed E-state index contributed by atoms with van der Waals surface area (Å²) in [6.07, 6.45) is 4.85. The van der Waals surface area contributed by atoms with Gasteiger partial charge in [0.2, 0.25) is 11.8 Å². The first-order valence-corrected chi connectivity index (χ1v) is 12.6. The summed E-state index contributed by atoms with van der Waals surface area (Å²) in [5.41, 5.74) is 5.89. The molecule has 1 aliphatic carbocycles. The maximum Gasteiger partial charge on any atom is 0.242 e. The van der Waals surface area contributed by atoms with Gasteiger partial charge in [0.25, 0.3) is 0 Å². The van der Waals surface area contributed by atoms with Crippen LogP contribution in [0.15, 0.2) is 40.9 Å². The van der Waals surface area contributed by atoms with E-state index in [0.717, 1.165) is 54.4 Å². The highest BCUT2D eigenvalue weighted by Crippen LogP contribution is 2.29. The number of anilines is 1. The molecule has 0 saturated heterocycles. The third-order valence-electron chi connectivity index (χ3n) is 7.04. The molecular formula is C28H37ClN4O3. The van der Waals surface area contributed by atoms with Gasteiger partial charge in [0.1, 0.15) is 0 Å². The Hall–Kier alpha value is -3.06. The van der Waals surface area contributed by atoms with Crippen LogP contribution < -0.4 is 10.2 Å². The highest BCUT2D eigenvalue weighted by molar-refractivity contribution is 5.90. The number of likely N-dealkylation sites (N-methyl/N-ethyl adjacent to an activating group) is 1. The van der Waals surface area contributed by atoms with Crippen LogP contribution in [0.3, 0.4) is 0 Å². The van der Waals surface area contributed by atoms with Gasteiger partial charge in [-0.15, -0.1) is 12.4 Å². The van der Waals surface area contributed by atoms with Crippen molar-refractivity contribution in [3.05, 3.63) is 58.8 Å². The molecule has 0 bridgehead atoms. The summed E-state index contributed by atoms with van der Waals surface area (Å²) in [5.74, 6) is -0.0899. The van der Waals surface area contributed by atoms with Crippen molar-refractivity contribution in [3.63, 3.8) is 0 Å². The molecule has 4 rings (SSSR count). The van der Waals surface area contributed by atoms with Crippen LogP contribution in [-0.2, 0) is 22.4 Å². The van der Waals surface area contributed by atoms with Gasteiger partial charge in [-0.2, -0.15) is 0 Å². The Balaban J connectivity index is 0.00000361. The van der Waals surface area contributed by atoms with E-state index in [-0.39, 0.29) is 43.4 Å². The number of nitrogens with zero attached hydrogens (tertiary/aromatic N) is 3. The smallest absolute Gasteiger partial charge is 0.242 e. The SMILES string of the molecule is CCCCCNC(=O)CN(CC(=O)N(C)C1Cc2ccccc2C1)c1cc2onc(C)c2cc1C.Cl. The van der Waals surface area contributed by atoms with E-state index >= 15 is 0 Å². The van der Waals surface area contributed by atoms with Gasteiger partial charge in [0.15, 0.2) is 5.58 Å². The Kier molecular flexibility index (Phi) is 9.37. The number of carbonyl (C=O) groups excluding carboxylic acids is 2. The zero-order valence-electron chi connectivity index (χ0n) is 21.7. The molecule has 0 radical (unpaired) electrons. The molecule has 1 aliphatic rings. The fraction of sp³-hybridized carbons (Fsp3) is 0.464. The number of aromatic nitrogens is 1. The molecule has 7 nitrogen and oxygen atoms in total. The number of nitrogens with one attached hydrogen (secondary N) is 1. The maximum atomic E-state index is 13.4. The number of hydrogen-bond acceptors (Lipinski definition) is 5. The van der Waals surface area contributed by atoms with Gasteiger partial charge in [0.05, 0.1) is 18.8 Å². The normalized spacial score (nSPS) is 12.8. The summed E-state index contributed by atoms with van der Waals surface area (Å²) >= 11 is 0. The minimum atomic E-state index is -0.0851. The second kappa shape index (κ2) is 12.3. The van der Waals surface area contributed by atoms with E-state index in [1.807, 2.05) is 55.0 Å². The molecule has 3 aromatic rings. The maximum absolute atomic E-state index is 13.4. The molecule has 0 aliphatic heterocycles. The standard InChI is InChI=1S/C28H36N4O3.ClH/c1-5-6-9-12-29-27(33)17-32(25-16-26-24(13-19(25)2)20(3)30-35-26)18-28(34)31(4)23-14-21-10-7-8-11-22(21)15-23;/h7-8,10-11,13,16,23H,5-6,9,12,14-15,17-18H2,1-4H3,(H,29,33);1H. The highest BCUT2D eigenvalue weighted by Gasteiger charge is 2.29. The molecule has 0 fully saturated rings. The number of aryl methyl sites for hydroxylation is 2. The fourth-order valence-electron chi connectivity index (χ4n) is 4.89. The van der Waals surface area contributed by atoms with Gasteiger partial charge in [-0.1, -0.05) is 49.2 Å². The first-order chi connectivity index (χ1) is 16.9. The van der Waals surface area contributed by atoms with Crippen LogP contribution in [0.4, 0.5) is 5.69 Å². The summed E-state index contributed by atoms with van der Waals surface area (Å²) in [4.78, 5) is 30.0. The van der Waals surface area contributed by atoms with Gasteiger partial charge >= 0.3 is 0 Å². The second-order valence-electron chi connectivity index (χ2n) is 9.65. The van der Waals surface area contributed by atoms with E-state index in [2.05, 4.69) is 29.5 Å². The minimum absolute atomic E-state index is 0. The number of unbranched alkanes of at least 4 members (excludes halogenated alkanes) is 2. The molecule has 0 unspecified atom stereocenters. The van der Waals surface area contributed by atoms with Crippen molar-refractivity contribution in [2.45, 2.75) is 58.9 Å². The van der Waals surface area contributed by atoms with Gasteiger partial charge in [-0.3, -0.25) is 9.59 Å². The van der Waals surface area contributed by atoms with Crippen LogP contribution in [0.5, 0.6) is 0 Å². The van der Waals surface area contributed by atoms with Crippen molar-refractivity contribution < 1.29 is 14.1 Å². The lowest BCUT2D eigenvalue weighted by Crippen LogP contribution is -2.46. The predicted molar refractivity (Wildman–Crippen MR) is 146 cm³/mol. The summed E-state index contributed by atoms with van der Waals surface area (Å²) in [6, 6.07) is 12.4. The molecule has 194 valence electrons. The zero-order valence-corrected chi connectivity index (χ0v) is 22.5. The number of rotatable bonds is 10. The van der Waals surface area contributed by atoms with E-state index in [4.69, 9.17) is 4.52 Å². The molecule has 1 N–H and O–H groups in total. The van der Waals surface area contributed by atoms with Crippen molar-refractivity contribution in [2.24, 2.45) is 0 Å². The summed E-state index contributed by atoms with van der Waals surface area (Å²) in [6.45, 7) is 6.91. The van der Waals surface area contributed by atoms with Crippen LogP contribution in [0.2, 0.25) is 0 Å². The lowest BCUT2D eigenvalue weighted by molar-refractivity contribution is -0.130. The quantitative estimate of drug-likeness (QED) is 0.401. The number of carbonyl (C=O) groups is 2. The molecule has 0 saturated carbocycles. The number of halogens is 1. The molecular weight excluding hydrogens is 476 g/mol. The first-order valence-electron chi connectivity index (χ1n) is 12.6. The Morgan fingerprint density at radius 2 is 1.78 bits per heavy atom. The van der Waals surface area contributed by atoms with Crippen LogP contribution in [0, 0.1) is 13.8 Å². The number of amides is 2. The topological polar surface area (TPSA) is 78.7 Å². The van der Waals surface area contributed by atoms with Crippen LogP contribution in [0.25, 0.3) is 11.0 Å². The largest absolute Gasteiger partial charge is 0.356 e. The van der Waals surface area contributed by atoms with E-state index in [9.17, 15) is 9.59 Å². The Labute approximate surface area is 219 Å². The zero-order chi connectivity index (χ0) is 24.9. The molecule has 2 amide bonds. The van der Waals surface area contributed by atoms with E-state index < -0.39 is 0 Å². The third-order valence-corrected chi connectivity index (χ3v) is 7.04. The monoisotopic (exact) mass is 512 g/mol. The van der Waals surface area contributed by atoms with E-state index in [0.29, 0.717) is 12.1 Å². The second-order valence-corrected chi connectivity index (χ2v) is 9.65. The van der Waals surface area contributed by atoms with Crippen LogP contribution >= 0.6 is 12.4 Å². The first kappa shape index (κ1) is 27.5. The van der Waals surface area contributed by atoms with Crippen molar-refractivity contribution in [1.29, 1.82) is 0 Å². The lowest BCUT2D eigenvalue weighted by Gasteiger charge is -2.30. The average molecular weight is 513 g/mol. The number of hydrogen-bond donors (Lipinski definition) is 1. The van der Waals surface area contributed by atoms with Crippen molar-refractivity contribution >= 4 is 40.9 Å². The molecule has 36 heavy (non-hydrogen) atoms. The van der Waals surface area contributed by atoms with Crippen LogP contribution in [-0.4, -0.2) is 54.6 Å². The molecule has 1 aromatic heterocycles. The number of fused-ring (bicyclic) bond motifs is 2. The van der Waals surface area contributed by atoms with Crippen molar-refractivity contribution in [1.82, 2.24) is 15.4 Å². The Bertz CT molecular complexity index is 1180. The van der Waals surface area contributed by atoms with Crippen molar-refractivity contribution in [2.75, 3.05) is 31.6 Å². The molecule has 0 spiro atoms. The minimum Gasteiger partial charge on any atom is -0.356 e. The molecule has 1 heterocycles. The molecule has 0 atom stereocenters. The number of benzene rings is 2.